The largest absolute Gasteiger partial charge is 0.489 e. The molecule has 1 heteroatoms. The lowest BCUT2D eigenvalue weighted by Crippen LogP contribution is -1.98. The molecule has 17 heavy (non-hydrogen) atoms. The fourth-order valence-corrected chi connectivity index (χ4v) is 1.84. The van der Waals surface area contributed by atoms with Crippen molar-refractivity contribution in [3.05, 3.63) is 64.7 Å². The lowest BCUT2D eigenvalue weighted by atomic mass is 10.1. The zero-order chi connectivity index (χ0) is 12.3. The van der Waals surface area contributed by atoms with Crippen LogP contribution < -0.4 is 4.74 Å². The number of hydrogen-bond donors (Lipinski definition) is 0. The molecule has 0 amide bonds. The molecule has 0 aromatic heterocycles. The minimum Gasteiger partial charge on any atom is -0.489 e. The van der Waals surface area contributed by atoms with Gasteiger partial charge in [-0.25, -0.2) is 0 Å². The van der Waals surface area contributed by atoms with Crippen molar-refractivity contribution in [2.45, 2.75) is 27.4 Å². The summed E-state index contributed by atoms with van der Waals surface area (Å²) in [5.41, 5.74) is 4.98. The van der Waals surface area contributed by atoms with Gasteiger partial charge < -0.3 is 4.74 Å². The third-order valence-corrected chi connectivity index (χ3v) is 3.03. The maximum Gasteiger partial charge on any atom is 0.122 e. The SMILES string of the molecule is Cc1cccc(COc2cccc(C)c2C)c1. The molecule has 0 aliphatic carbocycles. The molecule has 0 radical (unpaired) electrons. The van der Waals surface area contributed by atoms with Crippen LogP contribution in [0.4, 0.5) is 0 Å². The van der Waals surface area contributed by atoms with Gasteiger partial charge in [0.1, 0.15) is 12.4 Å². The number of ether oxygens (including phenoxy) is 1. The Bertz CT molecular complexity index is 515. The van der Waals surface area contributed by atoms with Gasteiger partial charge >= 0.3 is 0 Å². The van der Waals surface area contributed by atoms with E-state index in [4.69, 9.17) is 4.74 Å². The van der Waals surface area contributed by atoms with Crippen LogP contribution in [0.25, 0.3) is 0 Å². The molecule has 0 saturated carbocycles. The van der Waals surface area contributed by atoms with E-state index < -0.39 is 0 Å². The topological polar surface area (TPSA) is 9.23 Å². The predicted molar refractivity (Wildman–Crippen MR) is 71.4 cm³/mol. The van der Waals surface area contributed by atoms with E-state index in [2.05, 4.69) is 51.1 Å². The fourth-order valence-electron chi connectivity index (χ4n) is 1.84. The van der Waals surface area contributed by atoms with Gasteiger partial charge in [-0.3, -0.25) is 0 Å². The van der Waals surface area contributed by atoms with Gasteiger partial charge in [0.2, 0.25) is 0 Å². The van der Waals surface area contributed by atoms with Crippen molar-refractivity contribution < 1.29 is 4.74 Å². The highest BCUT2D eigenvalue weighted by atomic mass is 16.5. The summed E-state index contributed by atoms with van der Waals surface area (Å²) in [5, 5.41) is 0. The Labute approximate surface area is 103 Å². The summed E-state index contributed by atoms with van der Waals surface area (Å²) in [5.74, 6) is 0.978. The zero-order valence-electron chi connectivity index (χ0n) is 10.7. The van der Waals surface area contributed by atoms with Gasteiger partial charge in [0.15, 0.2) is 0 Å². The monoisotopic (exact) mass is 226 g/mol. The first-order valence-corrected chi connectivity index (χ1v) is 5.91. The van der Waals surface area contributed by atoms with Crippen molar-refractivity contribution in [1.82, 2.24) is 0 Å². The van der Waals surface area contributed by atoms with Crippen LogP contribution in [0.3, 0.4) is 0 Å². The van der Waals surface area contributed by atoms with Gasteiger partial charge in [0, 0.05) is 0 Å². The van der Waals surface area contributed by atoms with E-state index in [1.807, 2.05) is 12.1 Å². The molecule has 0 N–H and O–H groups in total. The van der Waals surface area contributed by atoms with Crippen molar-refractivity contribution in [2.24, 2.45) is 0 Å². The van der Waals surface area contributed by atoms with Crippen LogP contribution in [0.1, 0.15) is 22.3 Å². The minimum absolute atomic E-state index is 0.631. The second-order valence-corrected chi connectivity index (χ2v) is 4.48. The molecular weight excluding hydrogens is 208 g/mol. The second-order valence-electron chi connectivity index (χ2n) is 4.48. The Hall–Kier alpha value is -1.76. The number of aryl methyl sites for hydroxylation is 2. The molecule has 0 aliphatic rings. The highest BCUT2D eigenvalue weighted by Gasteiger charge is 2.02. The van der Waals surface area contributed by atoms with Gasteiger partial charge in [0.25, 0.3) is 0 Å². The zero-order valence-corrected chi connectivity index (χ0v) is 10.7. The molecule has 88 valence electrons. The highest BCUT2D eigenvalue weighted by Crippen LogP contribution is 2.21. The molecule has 0 unspecified atom stereocenters. The van der Waals surface area contributed by atoms with Crippen LogP contribution in [0.5, 0.6) is 5.75 Å². The maximum atomic E-state index is 5.86. The maximum absolute atomic E-state index is 5.86. The van der Waals surface area contributed by atoms with E-state index in [0.717, 1.165) is 5.75 Å². The van der Waals surface area contributed by atoms with Gasteiger partial charge in [-0.1, -0.05) is 42.0 Å². The van der Waals surface area contributed by atoms with E-state index >= 15 is 0 Å². The van der Waals surface area contributed by atoms with Crippen LogP contribution in [0.2, 0.25) is 0 Å². The molecule has 0 aliphatic heterocycles. The molecule has 2 rings (SSSR count). The normalized spacial score (nSPS) is 10.3. The summed E-state index contributed by atoms with van der Waals surface area (Å²) < 4.78 is 5.86. The molecule has 0 heterocycles. The lowest BCUT2D eigenvalue weighted by Gasteiger charge is -2.11. The van der Waals surface area contributed by atoms with Gasteiger partial charge in [-0.2, -0.15) is 0 Å². The van der Waals surface area contributed by atoms with Crippen LogP contribution in [-0.4, -0.2) is 0 Å². The van der Waals surface area contributed by atoms with E-state index in [1.165, 1.54) is 22.3 Å². The van der Waals surface area contributed by atoms with Crippen LogP contribution in [0.15, 0.2) is 42.5 Å². The van der Waals surface area contributed by atoms with Crippen molar-refractivity contribution in [1.29, 1.82) is 0 Å². The summed E-state index contributed by atoms with van der Waals surface area (Å²) in [6.45, 7) is 6.93. The summed E-state index contributed by atoms with van der Waals surface area (Å²) in [4.78, 5) is 0. The number of hydrogen-bond acceptors (Lipinski definition) is 1. The molecular formula is C16H18O. The number of rotatable bonds is 3. The van der Waals surface area contributed by atoms with E-state index in [9.17, 15) is 0 Å². The lowest BCUT2D eigenvalue weighted by molar-refractivity contribution is 0.304. The van der Waals surface area contributed by atoms with Crippen LogP contribution >= 0.6 is 0 Å². The first-order chi connectivity index (χ1) is 8.16. The quantitative estimate of drug-likeness (QED) is 0.762. The van der Waals surface area contributed by atoms with Gasteiger partial charge in [0.05, 0.1) is 0 Å². The summed E-state index contributed by atoms with van der Waals surface area (Å²) in [6.07, 6.45) is 0. The van der Waals surface area contributed by atoms with Crippen LogP contribution in [-0.2, 0) is 6.61 Å². The average molecular weight is 226 g/mol. The minimum atomic E-state index is 0.631. The van der Waals surface area contributed by atoms with Crippen molar-refractivity contribution in [3.8, 4) is 5.75 Å². The smallest absolute Gasteiger partial charge is 0.122 e. The first-order valence-electron chi connectivity index (χ1n) is 5.91. The Morgan fingerprint density at radius 1 is 0.941 bits per heavy atom. The summed E-state index contributed by atoms with van der Waals surface area (Å²) in [7, 11) is 0. The molecule has 1 nitrogen and oxygen atoms in total. The molecule has 2 aromatic rings. The Kier molecular flexibility index (Phi) is 3.48. The van der Waals surface area contributed by atoms with Gasteiger partial charge in [-0.05, 0) is 43.5 Å². The predicted octanol–water partition coefficient (Wildman–Crippen LogP) is 4.19. The van der Waals surface area contributed by atoms with E-state index in [-0.39, 0.29) is 0 Å². The van der Waals surface area contributed by atoms with Crippen molar-refractivity contribution >= 4 is 0 Å². The molecule has 0 atom stereocenters. The standard InChI is InChI=1S/C16H18O/c1-12-6-4-8-15(10-12)11-17-16-9-5-7-13(2)14(16)3/h4-10H,11H2,1-3H3. The Morgan fingerprint density at radius 3 is 2.47 bits per heavy atom. The summed E-state index contributed by atoms with van der Waals surface area (Å²) >= 11 is 0. The highest BCUT2D eigenvalue weighted by molar-refractivity contribution is 5.38. The summed E-state index contributed by atoms with van der Waals surface area (Å²) in [6, 6.07) is 14.6. The van der Waals surface area contributed by atoms with Gasteiger partial charge in [-0.15, -0.1) is 0 Å². The van der Waals surface area contributed by atoms with E-state index in [1.54, 1.807) is 0 Å². The first kappa shape index (κ1) is 11.7. The number of benzene rings is 2. The Balaban J connectivity index is 2.10. The van der Waals surface area contributed by atoms with Crippen LogP contribution in [0, 0.1) is 20.8 Å². The fraction of sp³-hybridized carbons (Fsp3) is 0.250. The molecule has 0 saturated heterocycles. The third-order valence-electron chi connectivity index (χ3n) is 3.03. The van der Waals surface area contributed by atoms with E-state index in [0.29, 0.717) is 6.61 Å². The molecule has 0 spiro atoms. The van der Waals surface area contributed by atoms with Crippen molar-refractivity contribution in [2.75, 3.05) is 0 Å². The molecule has 0 bridgehead atoms. The molecule has 0 fully saturated rings. The Morgan fingerprint density at radius 2 is 1.71 bits per heavy atom. The second kappa shape index (κ2) is 5.05. The average Bonchev–Trinajstić information content (AvgIpc) is 2.31. The van der Waals surface area contributed by atoms with Crippen molar-refractivity contribution in [3.63, 3.8) is 0 Å². The third kappa shape index (κ3) is 2.88. The molecule has 2 aromatic carbocycles.